The number of nitrogens with zero attached hydrogens (tertiary/aromatic N) is 1. The van der Waals surface area contributed by atoms with Crippen molar-refractivity contribution in [3.8, 4) is 0 Å². The first kappa shape index (κ1) is 10.8. The predicted octanol–water partition coefficient (Wildman–Crippen LogP) is 1.63. The van der Waals surface area contributed by atoms with Crippen molar-refractivity contribution in [3.63, 3.8) is 0 Å². The quantitative estimate of drug-likeness (QED) is 0.697. The zero-order valence-electron chi connectivity index (χ0n) is 8.29. The van der Waals surface area contributed by atoms with E-state index in [1.54, 1.807) is 0 Å². The fourth-order valence-corrected chi connectivity index (χ4v) is 1.55. The molecule has 4 N–H and O–H groups in total. The maximum absolute atomic E-state index is 10.8. The molecule has 5 nitrogen and oxygen atoms in total. The molecule has 0 unspecified atom stereocenters. The van der Waals surface area contributed by atoms with Gasteiger partial charge < -0.3 is 16.2 Å². The molecule has 0 radical (unpaired) electrons. The molecule has 14 heavy (non-hydrogen) atoms. The molecule has 0 saturated carbocycles. The molecule has 0 aliphatic carbocycles. The number of thiazole rings is 1. The average Bonchev–Trinajstić information content (AvgIpc) is 2.27. The first-order valence-electron chi connectivity index (χ1n) is 4.07. The van der Waals surface area contributed by atoms with Crippen molar-refractivity contribution in [2.45, 2.75) is 26.3 Å². The lowest BCUT2D eigenvalue weighted by molar-refractivity contribution is 0.0703. The molecule has 1 heterocycles. The third kappa shape index (κ3) is 2.59. The first-order valence-corrected chi connectivity index (χ1v) is 4.89. The summed E-state index contributed by atoms with van der Waals surface area (Å²) in [5, 5.41) is 12.1. The van der Waals surface area contributed by atoms with Gasteiger partial charge >= 0.3 is 5.97 Å². The van der Waals surface area contributed by atoms with E-state index in [1.807, 2.05) is 20.8 Å². The second-order valence-electron chi connectivity index (χ2n) is 3.91. The Hall–Kier alpha value is -1.30. The molecule has 0 bridgehead atoms. The van der Waals surface area contributed by atoms with Crippen molar-refractivity contribution < 1.29 is 9.90 Å². The highest BCUT2D eigenvalue weighted by atomic mass is 32.1. The normalized spacial score (nSPS) is 11.4. The van der Waals surface area contributed by atoms with Gasteiger partial charge in [0.1, 0.15) is 0 Å². The van der Waals surface area contributed by atoms with E-state index in [0.717, 1.165) is 11.3 Å². The Labute approximate surface area is 86.0 Å². The van der Waals surface area contributed by atoms with Gasteiger partial charge in [0.15, 0.2) is 15.8 Å². The van der Waals surface area contributed by atoms with Crippen LogP contribution < -0.4 is 11.1 Å². The highest BCUT2D eigenvalue weighted by molar-refractivity contribution is 7.17. The number of carbonyl (C=O) groups is 1. The number of nitrogens with two attached hydrogens (primary N) is 1. The SMILES string of the molecule is CC(C)(C)Nc1nc(N)sc1C(=O)O. The molecule has 0 aliphatic heterocycles. The van der Waals surface area contributed by atoms with Gasteiger partial charge in [-0.3, -0.25) is 0 Å². The number of carboxylic acids is 1. The number of aromatic carboxylic acids is 1. The second kappa shape index (κ2) is 3.45. The van der Waals surface area contributed by atoms with Crippen molar-refractivity contribution in [2.75, 3.05) is 11.1 Å². The first-order chi connectivity index (χ1) is 6.29. The summed E-state index contributed by atoms with van der Waals surface area (Å²) < 4.78 is 0. The summed E-state index contributed by atoms with van der Waals surface area (Å²) in [7, 11) is 0. The van der Waals surface area contributed by atoms with E-state index in [-0.39, 0.29) is 15.5 Å². The Morgan fingerprint density at radius 3 is 2.57 bits per heavy atom. The standard InChI is InChI=1S/C8H13N3O2S/c1-8(2,3)11-5-4(6(12)13)14-7(9)10-5/h11H,1-3H3,(H2,9,10)(H,12,13). The van der Waals surface area contributed by atoms with Crippen LogP contribution in [-0.2, 0) is 0 Å². The summed E-state index contributed by atoms with van der Waals surface area (Å²) in [6.45, 7) is 5.77. The van der Waals surface area contributed by atoms with Crippen LogP contribution in [0.5, 0.6) is 0 Å². The van der Waals surface area contributed by atoms with E-state index in [9.17, 15) is 4.79 Å². The number of anilines is 2. The van der Waals surface area contributed by atoms with Gasteiger partial charge in [-0.25, -0.2) is 9.78 Å². The number of nitrogens with one attached hydrogen (secondary N) is 1. The Kier molecular flexibility index (Phi) is 2.66. The van der Waals surface area contributed by atoms with Crippen molar-refractivity contribution in [3.05, 3.63) is 4.88 Å². The van der Waals surface area contributed by atoms with Crippen molar-refractivity contribution in [1.82, 2.24) is 4.98 Å². The second-order valence-corrected chi connectivity index (χ2v) is 4.94. The highest BCUT2D eigenvalue weighted by Gasteiger charge is 2.20. The number of carboxylic acid groups (broad SMARTS) is 1. The van der Waals surface area contributed by atoms with Crippen LogP contribution in [0.3, 0.4) is 0 Å². The van der Waals surface area contributed by atoms with Crippen LogP contribution in [0, 0.1) is 0 Å². The van der Waals surface area contributed by atoms with Crippen LogP contribution in [0.1, 0.15) is 30.4 Å². The monoisotopic (exact) mass is 215 g/mol. The average molecular weight is 215 g/mol. The van der Waals surface area contributed by atoms with E-state index in [2.05, 4.69) is 10.3 Å². The van der Waals surface area contributed by atoms with Gasteiger partial charge in [-0.1, -0.05) is 11.3 Å². The fraction of sp³-hybridized carbons (Fsp3) is 0.500. The minimum absolute atomic E-state index is 0.150. The third-order valence-corrected chi connectivity index (χ3v) is 2.20. The predicted molar refractivity (Wildman–Crippen MR) is 56.9 cm³/mol. The molecular formula is C8H13N3O2S. The molecule has 0 saturated heterocycles. The Morgan fingerprint density at radius 2 is 2.14 bits per heavy atom. The van der Waals surface area contributed by atoms with Crippen molar-refractivity contribution >= 4 is 28.3 Å². The van der Waals surface area contributed by atoms with Crippen LogP contribution in [0.25, 0.3) is 0 Å². The molecule has 0 amide bonds. The Balaban J connectivity index is 3.02. The van der Waals surface area contributed by atoms with E-state index >= 15 is 0 Å². The largest absolute Gasteiger partial charge is 0.477 e. The molecule has 1 aromatic heterocycles. The molecule has 0 fully saturated rings. The molecule has 1 rings (SSSR count). The molecule has 0 spiro atoms. The minimum Gasteiger partial charge on any atom is -0.477 e. The fourth-order valence-electron chi connectivity index (χ4n) is 0.922. The van der Waals surface area contributed by atoms with Gasteiger partial charge in [0.2, 0.25) is 0 Å². The number of hydrogen-bond acceptors (Lipinski definition) is 5. The molecule has 0 aliphatic rings. The lowest BCUT2D eigenvalue weighted by Gasteiger charge is -2.20. The van der Waals surface area contributed by atoms with Gasteiger partial charge in [-0.15, -0.1) is 0 Å². The Morgan fingerprint density at radius 1 is 1.57 bits per heavy atom. The summed E-state index contributed by atoms with van der Waals surface area (Å²) in [5.74, 6) is -0.668. The minimum atomic E-state index is -1.01. The highest BCUT2D eigenvalue weighted by Crippen LogP contribution is 2.26. The smallest absolute Gasteiger partial charge is 0.349 e. The van der Waals surface area contributed by atoms with Crippen molar-refractivity contribution in [1.29, 1.82) is 0 Å². The lowest BCUT2D eigenvalue weighted by Crippen LogP contribution is -2.27. The summed E-state index contributed by atoms with van der Waals surface area (Å²) in [4.78, 5) is 14.9. The number of rotatable bonds is 2. The topological polar surface area (TPSA) is 88.2 Å². The van der Waals surface area contributed by atoms with Gasteiger partial charge in [0.05, 0.1) is 0 Å². The van der Waals surface area contributed by atoms with Crippen LogP contribution in [0.15, 0.2) is 0 Å². The van der Waals surface area contributed by atoms with Crippen LogP contribution >= 0.6 is 11.3 Å². The summed E-state index contributed by atoms with van der Waals surface area (Å²) >= 11 is 0.968. The van der Waals surface area contributed by atoms with Gasteiger partial charge in [0.25, 0.3) is 0 Å². The molecule has 78 valence electrons. The molecule has 0 aromatic carbocycles. The number of aromatic nitrogens is 1. The zero-order chi connectivity index (χ0) is 10.9. The molecular weight excluding hydrogens is 202 g/mol. The molecule has 6 heteroatoms. The van der Waals surface area contributed by atoms with Crippen LogP contribution in [-0.4, -0.2) is 21.6 Å². The van der Waals surface area contributed by atoms with Crippen molar-refractivity contribution in [2.24, 2.45) is 0 Å². The van der Waals surface area contributed by atoms with E-state index in [1.165, 1.54) is 0 Å². The van der Waals surface area contributed by atoms with Gasteiger partial charge in [-0.05, 0) is 20.8 Å². The maximum atomic E-state index is 10.8. The van der Waals surface area contributed by atoms with E-state index < -0.39 is 5.97 Å². The third-order valence-electron chi connectivity index (χ3n) is 1.33. The maximum Gasteiger partial charge on any atom is 0.349 e. The number of hydrogen-bond donors (Lipinski definition) is 3. The summed E-state index contributed by atoms with van der Waals surface area (Å²) in [5.41, 5.74) is 5.21. The van der Waals surface area contributed by atoms with E-state index in [0.29, 0.717) is 5.82 Å². The Bertz CT molecular complexity index is 354. The molecule has 1 aromatic rings. The van der Waals surface area contributed by atoms with E-state index in [4.69, 9.17) is 10.8 Å². The molecule has 0 atom stereocenters. The van der Waals surface area contributed by atoms with Crippen LogP contribution in [0.4, 0.5) is 10.9 Å². The lowest BCUT2D eigenvalue weighted by atomic mass is 10.1. The van der Waals surface area contributed by atoms with Crippen LogP contribution in [0.2, 0.25) is 0 Å². The zero-order valence-corrected chi connectivity index (χ0v) is 9.10. The van der Waals surface area contributed by atoms with Gasteiger partial charge in [0, 0.05) is 5.54 Å². The van der Waals surface area contributed by atoms with Gasteiger partial charge in [-0.2, -0.15) is 0 Å². The summed E-state index contributed by atoms with van der Waals surface area (Å²) in [6.07, 6.45) is 0. The number of nitrogen functional groups attached to an aromatic ring is 1. The summed E-state index contributed by atoms with van der Waals surface area (Å²) in [6, 6.07) is 0.